The average Bonchev–Trinajstić information content (AvgIpc) is 1.86. The largest absolute Gasteiger partial charge is 0.474 e. The van der Waals surface area contributed by atoms with Crippen LogP contribution >= 0.6 is 0 Å². The topological polar surface area (TPSA) is 39.7 Å². The van der Waals surface area contributed by atoms with Gasteiger partial charge in [-0.1, -0.05) is 0 Å². The lowest BCUT2D eigenvalue weighted by molar-refractivity contribution is -0.339. The molecule has 1 rings (SSSR count). The number of quaternary nitrogens is 1. The van der Waals surface area contributed by atoms with Gasteiger partial charge in [0.25, 0.3) is 0 Å². The maximum absolute atomic E-state index is 3.70. The molecule has 0 spiro atoms. The average molecular weight is 84.1 g/mol. The standard InChI is InChI=1S/C4H8N2/c5-4-1-2-6-3-4/h1-2,6H,3H2,5H3. The van der Waals surface area contributed by atoms with E-state index >= 15 is 0 Å². The highest BCUT2D eigenvalue weighted by Crippen LogP contribution is 1.90. The van der Waals surface area contributed by atoms with E-state index in [1.54, 1.807) is 0 Å². The molecule has 2 nitrogen and oxygen atoms in total. The second kappa shape index (κ2) is 1.22. The maximum atomic E-state index is 3.70. The highest BCUT2D eigenvalue weighted by atomic mass is 14.9. The van der Waals surface area contributed by atoms with Crippen molar-refractivity contribution in [2.45, 2.75) is 0 Å². The maximum Gasteiger partial charge on any atom is 0.00409 e. The van der Waals surface area contributed by atoms with Crippen molar-refractivity contribution in [2.75, 3.05) is 6.54 Å². The van der Waals surface area contributed by atoms with E-state index in [0.29, 0.717) is 0 Å². The third-order valence-electron chi connectivity index (χ3n) is 0.766. The highest BCUT2D eigenvalue weighted by molar-refractivity contribution is 5.07. The van der Waals surface area contributed by atoms with E-state index < -0.39 is 0 Å². The Kier molecular flexibility index (Phi) is 0.725. The van der Waals surface area contributed by atoms with Crippen molar-refractivity contribution in [1.29, 1.82) is 0 Å². The van der Waals surface area contributed by atoms with Gasteiger partial charge in [0.1, 0.15) is 0 Å². The molecule has 0 atom stereocenters. The van der Waals surface area contributed by atoms with Crippen LogP contribution in [0.15, 0.2) is 12.3 Å². The molecule has 4 N–H and O–H groups in total. The summed E-state index contributed by atoms with van der Waals surface area (Å²) in [5, 5.41) is 2.99. The summed E-state index contributed by atoms with van der Waals surface area (Å²) in [6.45, 7) is 0.931. The Bertz CT molecular complexity index is 67.9. The van der Waals surface area contributed by atoms with Crippen LogP contribution in [0.5, 0.6) is 0 Å². The molecular weight excluding hydrogens is 76.1 g/mol. The van der Waals surface area contributed by atoms with Crippen molar-refractivity contribution in [3.05, 3.63) is 18.3 Å². The minimum absolute atomic E-state index is 0.931. The van der Waals surface area contributed by atoms with Crippen molar-refractivity contribution >= 4 is 0 Å². The first-order chi connectivity index (χ1) is 2.89. The molecule has 0 unspecified atom stereocenters. The van der Waals surface area contributed by atoms with E-state index in [-0.39, 0.29) is 0 Å². The number of rotatable bonds is 0. The first-order valence-corrected chi connectivity index (χ1v) is 1.97. The van der Waals surface area contributed by atoms with E-state index in [1.165, 1.54) is 0 Å². The Labute approximate surface area is 37.0 Å². The molecule has 0 amide bonds. The highest BCUT2D eigenvalue weighted by Gasteiger charge is 1.90. The van der Waals surface area contributed by atoms with Crippen LogP contribution in [0.1, 0.15) is 0 Å². The zero-order chi connectivity index (χ0) is 4.41. The molecule has 1 aliphatic heterocycles. The molecule has 34 valence electrons. The molecule has 0 saturated heterocycles. The predicted octanol–water partition coefficient (Wildman–Crippen LogP) is -1.12. The van der Waals surface area contributed by atoms with Gasteiger partial charge in [0.2, 0.25) is 0 Å². The van der Waals surface area contributed by atoms with Crippen LogP contribution in [0.3, 0.4) is 0 Å². The molecule has 1 aliphatic rings. The van der Waals surface area contributed by atoms with Crippen molar-refractivity contribution in [1.82, 2.24) is 5.32 Å². The predicted molar refractivity (Wildman–Crippen MR) is 23.3 cm³/mol. The van der Waals surface area contributed by atoms with Crippen molar-refractivity contribution < 1.29 is 5.73 Å². The van der Waals surface area contributed by atoms with Crippen LogP contribution < -0.4 is 11.1 Å². The minimum atomic E-state index is 0.931. The van der Waals surface area contributed by atoms with Crippen LogP contribution in [0, 0.1) is 6.04 Å². The van der Waals surface area contributed by atoms with Gasteiger partial charge in [0.15, 0.2) is 0 Å². The second-order valence-electron chi connectivity index (χ2n) is 1.37. The molecular formula is C4H8N2. The summed E-state index contributed by atoms with van der Waals surface area (Å²) in [5.74, 6) is 0. The van der Waals surface area contributed by atoms with Crippen molar-refractivity contribution in [3.63, 3.8) is 0 Å². The summed E-state index contributed by atoms with van der Waals surface area (Å²) in [7, 11) is 0. The zero-order valence-electron chi connectivity index (χ0n) is 3.57. The fraction of sp³-hybridized carbons (Fsp3) is 0.250. The van der Waals surface area contributed by atoms with Gasteiger partial charge >= 0.3 is 0 Å². The molecule has 1 heterocycles. The monoisotopic (exact) mass is 84.1 g/mol. The SMILES string of the molecule is [NH3+][C-]1C=CNC1. The second-order valence-corrected chi connectivity index (χ2v) is 1.37. The molecule has 6 heavy (non-hydrogen) atoms. The molecule has 0 bridgehead atoms. The number of hydrogen-bond acceptors (Lipinski definition) is 1. The van der Waals surface area contributed by atoms with Crippen LogP contribution in [-0.4, -0.2) is 6.54 Å². The summed E-state index contributed by atoms with van der Waals surface area (Å²) in [6.07, 6.45) is 3.88. The zero-order valence-corrected chi connectivity index (χ0v) is 3.57. The lowest BCUT2D eigenvalue weighted by Gasteiger charge is -1.98. The Hall–Kier alpha value is -0.630. The van der Waals surface area contributed by atoms with Gasteiger partial charge in [-0.2, -0.15) is 6.08 Å². The summed E-state index contributed by atoms with van der Waals surface area (Å²) in [4.78, 5) is 0. The van der Waals surface area contributed by atoms with E-state index in [9.17, 15) is 0 Å². The quantitative estimate of drug-likeness (QED) is 0.358. The molecule has 0 aromatic rings. The number of nitrogens with one attached hydrogen (secondary N) is 1. The van der Waals surface area contributed by atoms with Gasteiger partial charge in [0, 0.05) is 6.54 Å². The first-order valence-electron chi connectivity index (χ1n) is 1.97. The minimum Gasteiger partial charge on any atom is -0.474 e. The van der Waals surface area contributed by atoms with Crippen molar-refractivity contribution in [2.24, 2.45) is 0 Å². The molecule has 0 saturated carbocycles. The third kappa shape index (κ3) is 0.466. The summed E-state index contributed by atoms with van der Waals surface area (Å²) in [5.41, 5.74) is 3.70. The Morgan fingerprint density at radius 3 is 2.83 bits per heavy atom. The lowest BCUT2D eigenvalue weighted by Crippen LogP contribution is -2.54. The fourth-order valence-electron chi connectivity index (χ4n) is 0.426. The lowest BCUT2D eigenvalue weighted by atomic mass is 10.4. The molecule has 0 fully saturated rings. The van der Waals surface area contributed by atoms with Gasteiger partial charge in [-0.05, 0) is 6.04 Å². The van der Waals surface area contributed by atoms with Crippen LogP contribution in [0.2, 0.25) is 0 Å². The number of hydrogen-bond donors (Lipinski definition) is 2. The fourth-order valence-corrected chi connectivity index (χ4v) is 0.426. The Balaban J connectivity index is 2.38. The summed E-state index contributed by atoms with van der Waals surface area (Å²) in [6, 6.07) is 1.16. The third-order valence-corrected chi connectivity index (χ3v) is 0.766. The smallest absolute Gasteiger partial charge is 0.00409 e. The summed E-state index contributed by atoms with van der Waals surface area (Å²) < 4.78 is 0. The van der Waals surface area contributed by atoms with E-state index in [4.69, 9.17) is 0 Å². The van der Waals surface area contributed by atoms with Crippen LogP contribution in [0.4, 0.5) is 0 Å². The van der Waals surface area contributed by atoms with E-state index in [1.807, 2.05) is 12.3 Å². The molecule has 0 radical (unpaired) electrons. The first kappa shape index (κ1) is 3.56. The van der Waals surface area contributed by atoms with Gasteiger partial charge in [0.05, 0.1) is 0 Å². The van der Waals surface area contributed by atoms with Gasteiger partial charge in [-0.15, -0.1) is 6.20 Å². The molecule has 2 heteroatoms. The van der Waals surface area contributed by atoms with E-state index in [0.717, 1.165) is 12.6 Å². The van der Waals surface area contributed by atoms with Gasteiger partial charge < -0.3 is 11.1 Å². The molecule has 0 aromatic carbocycles. The van der Waals surface area contributed by atoms with Crippen LogP contribution in [-0.2, 0) is 0 Å². The van der Waals surface area contributed by atoms with Crippen LogP contribution in [0.25, 0.3) is 0 Å². The van der Waals surface area contributed by atoms with Gasteiger partial charge in [-0.3, -0.25) is 0 Å². The Morgan fingerprint density at radius 2 is 2.67 bits per heavy atom. The van der Waals surface area contributed by atoms with Gasteiger partial charge in [-0.25, -0.2) is 0 Å². The van der Waals surface area contributed by atoms with E-state index in [2.05, 4.69) is 11.1 Å². The molecule has 0 aromatic heterocycles. The van der Waals surface area contributed by atoms with Crippen molar-refractivity contribution in [3.8, 4) is 0 Å². The Morgan fingerprint density at radius 1 is 1.83 bits per heavy atom. The normalized spacial score (nSPS) is 18.5. The summed E-state index contributed by atoms with van der Waals surface area (Å²) >= 11 is 0. The molecule has 0 aliphatic carbocycles.